The van der Waals surface area contributed by atoms with E-state index in [2.05, 4.69) is 26.5 Å². The zero-order valence-corrected chi connectivity index (χ0v) is 20.2. The van der Waals surface area contributed by atoms with Crippen LogP contribution in [0.5, 0.6) is 0 Å². The van der Waals surface area contributed by atoms with Crippen molar-refractivity contribution in [3.63, 3.8) is 0 Å². The summed E-state index contributed by atoms with van der Waals surface area (Å²) in [4.78, 5) is 32.5. The molecule has 7 nitrogen and oxygen atoms in total. The van der Waals surface area contributed by atoms with Crippen molar-refractivity contribution in [3.05, 3.63) is 29.3 Å². The standard InChI is InChI=1S/C25H36ClN5O2/c26-19-3-1-4-21(17-19)30-15-13-29(14-16-30)10-6-20-18-25(24(33)28-20)7-11-31(12-8-25)23(32)22-5-2-9-27-22/h1,3-4,17,20,22,27H,2,5-16,18H2,(H,28,33)/t20-,22-/m0/s1. The van der Waals surface area contributed by atoms with Crippen molar-refractivity contribution < 1.29 is 9.59 Å². The van der Waals surface area contributed by atoms with E-state index in [4.69, 9.17) is 11.6 Å². The number of nitrogens with zero attached hydrogens (tertiary/aromatic N) is 3. The van der Waals surface area contributed by atoms with Gasteiger partial charge in [-0.1, -0.05) is 17.7 Å². The Kier molecular flexibility index (Phi) is 6.81. The van der Waals surface area contributed by atoms with Crippen molar-refractivity contribution in [3.8, 4) is 0 Å². The van der Waals surface area contributed by atoms with Crippen molar-refractivity contribution in [1.82, 2.24) is 20.4 Å². The molecule has 1 aromatic rings. The topological polar surface area (TPSA) is 67.9 Å². The third-order valence-corrected chi connectivity index (χ3v) is 8.42. The Morgan fingerprint density at radius 1 is 1.12 bits per heavy atom. The summed E-state index contributed by atoms with van der Waals surface area (Å²) in [6.45, 7) is 7.44. The van der Waals surface area contributed by atoms with Gasteiger partial charge in [0.15, 0.2) is 0 Å². The number of nitrogens with one attached hydrogen (secondary N) is 2. The van der Waals surface area contributed by atoms with Crippen LogP contribution in [0.2, 0.25) is 5.02 Å². The van der Waals surface area contributed by atoms with E-state index in [0.717, 1.165) is 82.8 Å². The molecule has 2 atom stereocenters. The number of amides is 2. The van der Waals surface area contributed by atoms with Gasteiger partial charge < -0.3 is 20.4 Å². The molecule has 4 aliphatic rings. The van der Waals surface area contributed by atoms with Crippen molar-refractivity contribution in [1.29, 1.82) is 0 Å². The van der Waals surface area contributed by atoms with Gasteiger partial charge in [0, 0.05) is 62.6 Å². The molecule has 2 amide bonds. The molecular weight excluding hydrogens is 438 g/mol. The average Bonchev–Trinajstić information content (AvgIpc) is 3.47. The number of rotatable bonds is 5. The molecule has 0 saturated carbocycles. The van der Waals surface area contributed by atoms with E-state index in [1.807, 2.05) is 23.1 Å². The maximum atomic E-state index is 12.9. The molecule has 4 saturated heterocycles. The number of halogens is 1. The molecule has 180 valence electrons. The highest BCUT2D eigenvalue weighted by Crippen LogP contribution is 2.41. The van der Waals surface area contributed by atoms with E-state index < -0.39 is 0 Å². The van der Waals surface area contributed by atoms with E-state index in [9.17, 15) is 9.59 Å². The smallest absolute Gasteiger partial charge is 0.239 e. The highest BCUT2D eigenvalue weighted by atomic mass is 35.5. The number of likely N-dealkylation sites (tertiary alicyclic amines) is 1. The zero-order chi connectivity index (χ0) is 22.8. The van der Waals surface area contributed by atoms with Crippen LogP contribution in [0, 0.1) is 5.41 Å². The predicted octanol–water partition coefficient (Wildman–Crippen LogP) is 2.10. The third kappa shape index (κ3) is 5.00. The van der Waals surface area contributed by atoms with Gasteiger partial charge >= 0.3 is 0 Å². The molecule has 0 aromatic heterocycles. The van der Waals surface area contributed by atoms with Gasteiger partial charge in [0.1, 0.15) is 0 Å². The van der Waals surface area contributed by atoms with Crippen molar-refractivity contribution in [2.75, 3.05) is 57.3 Å². The Morgan fingerprint density at radius 3 is 2.61 bits per heavy atom. The Labute approximate surface area is 201 Å². The first kappa shape index (κ1) is 22.9. The Bertz CT molecular complexity index is 858. The van der Waals surface area contributed by atoms with Gasteiger partial charge in [0.05, 0.1) is 11.5 Å². The average molecular weight is 474 g/mol. The first-order valence-electron chi connectivity index (χ1n) is 12.6. The molecule has 2 N–H and O–H groups in total. The van der Waals surface area contributed by atoms with Crippen LogP contribution in [0.4, 0.5) is 5.69 Å². The van der Waals surface area contributed by atoms with Crippen LogP contribution < -0.4 is 15.5 Å². The summed E-state index contributed by atoms with van der Waals surface area (Å²) in [7, 11) is 0. The lowest BCUT2D eigenvalue weighted by Gasteiger charge is -2.38. The highest BCUT2D eigenvalue weighted by molar-refractivity contribution is 6.30. The normalized spacial score (nSPS) is 27.8. The maximum absolute atomic E-state index is 12.9. The molecule has 0 aliphatic carbocycles. The lowest BCUT2D eigenvalue weighted by molar-refractivity contribution is -0.139. The lowest BCUT2D eigenvalue weighted by atomic mass is 9.75. The summed E-state index contributed by atoms with van der Waals surface area (Å²) >= 11 is 6.15. The SMILES string of the molecule is O=C([C@@H]1CCCN1)N1CCC2(CC1)C[C@H](CCN1CCN(c3cccc(Cl)c3)CC1)NC2=O. The number of piperidine rings is 1. The van der Waals surface area contributed by atoms with Gasteiger partial charge in [-0.3, -0.25) is 14.5 Å². The van der Waals surface area contributed by atoms with Crippen LogP contribution in [-0.4, -0.2) is 86.1 Å². The predicted molar refractivity (Wildman–Crippen MR) is 131 cm³/mol. The maximum Gasteiger partial charge on any atom is 0.239 e. The van der Waals surface area contributed by atoms with Gasteiger partial charge in [0.2, 0.25) is 11.8 Å². The van der Waals surface area contributed by atoms with Gasteiger partial charge in [-0.15, -0.1) is 0 Å². The molecule has 8 heteroatoms. The first-order valence-corrected chi connectivity index (χ1v) is 13.0. The fourth-order valence-electron chi connectivity index (χ4n) is 6.07. The number of hydrogen-bond donors (Lipinski definition) is 2. The van der Waals surface area contributed by atoms with Crippen LogP contribution >= 0.6 is 11.6 Å². The third-order valence-electron chi connectivity index (χ3n) is 8.18. The fourth-order valence-corrected chi connectivity index (χ4v) is 6.26. The van der Waals surface area contributed by atoms with Crippen LogP contribution in [0.15, 0.2) is 24.3 Å². The number of piperazine rings is 1. The minimum Gasteiger partial charge on any atom is -0.369 e. The minimum absolute atomic E-state index is 0.0106. The molecule has 4 aliphatic heterocycles. The van der Waals surface area contributed by atoms with Gasteiger partial charge in [0.25, 0.3) is 0 Å². The van der Waals surface area contributed by atoms with Gasteiger partial charge in [-0.25, -0.2) is 0 Å². The van der Waals surface area contributed by atoms with E-state index in [1.165, 1.54) is 5.69 Å². The number of benzene rings is 1. The summed E-state index contributed by atoms with van der Waals surface area (Å²) in [5, 5.41) is 7.38. The first-order chi connectivity index (χ1) is 16.0. The lowest BCUT2D eigenvalue weighted by Crippen LogP contribution is -2.50. The summed E-state index contributed by atoms with van der Waals surface area (Å²) in [6, 6.07) is 8.32. The molecule has 4 fully saturated rings. The minimum atomic E-state index is -0.268. The van der Waals surface area contributed by atoms with E-state index in [1.54, 1.807) is 0 Å². The Hall–Kier alpha value is -1.83. The Balaban J connectivity index is 1.06. The number of carbonyl (C=O) groups excluding carboxylic acids is 2. The van der Waals surface area contributed by atoms with Gasteiger partial charge in [-0.05, 0) is 63.3 Å². The molecular formula is C25H36ClN5O2. The second-order valence-electron chi connectivity index (χ2n) is 10.2. The number of carbonyl (C=O) groups is 2. The summed E-state index contributed by atoms with van der Waals surface area (Å²) in [6.07, 6.45) is 5.53. The molecule has 0 unspecified atom stereocenters. The van der Waals surface area contributed by atoms with Crippen LogP contribution in [0.25, 0.3) is 0 Å². The summed E-state index contributed by atoms with van der Waals surface area (Å²) in [5.74, 6) is 0.443. The van der Waals surface area contributed by atoms with Gasteiger partial charge in [-0.2, -0.15) is 0 Å². The van der Waals surface area contributed by atoms with Crippen LogP contribution in [0.1, 0.15) is 38.5 Å². The van der Waals surface area contributed by atoms with Crippen LogP contribution in [0.3, 0.4) is 0 Å². The molecule has 0 bridgehead atoms. The van der Waals surface area contributed by atoms with Crippen molar-refractivity contribution in [2.24, 2.45) is 5.41 Å². The molecule has 5 rings (SSSR count). The molecule has 4 heterocycles. The van der Waals surface area contributed by atoms with E-state index in [0.29, 0.717) is 13.1 Å². The Morgan fingerprint density at radius 2 is 1.91 bits per heavy atom. The second kappa shape index (κ2) is 9.80. The molecule has 33 heavy (non-hydrogen) atoms. The van der Waals surface area contributed by atoms with E-state index >= 15 is 0 Å². The van der Waals surface area contributed by atoms with Crippen molar-refractivity contribution in [2.45, 2.75) is 50.6 Å². The molecule has 1 spiro atoms. The van der Waals surface area contributed by atoms with E-state index in [-0.39, 0.29) is 29.3 Å². The number of anilines is 1. The molecule has 0 radical (unpaired) electrons. The van der Waals surface area contributed by atoms with Crippen molar-refractivity contribution >= 4 is 29.1 Å². The zero-order valence-electron chi connectivity index (χ0n) is 19.4. The van der Waals surface area contributed by atoms with Crippen LogP contribution in [-0.2, 0) is 9.59 Å². The summed E-state index contributed by atoms with van der Waals surface area (Å²) in [5.41, 5.74) is 0.927. The second-order valence-corrected chi connectivity index (χ2v) is 10.7. The quantitative estimate of drug-likeness (QED) is 0.685. The fraction of sp³-hybridized carbons (Fsp3) is 0.680. The number of hydrogen-bond acceptors (Lipinski definition) is 5. The monoisotopic (exact) mass is 473 g/mol. The highest BCUT2D eigenvalue weighted by Gasteiger charge is 2.49. The summed E-state index contributed by atoms with van der Waals surface area (Å²) < 4.78 is 0. The molecule has 1 aromatic carbocycles. The largest absolute Gasteiger partial charge is 0.369 e.